The van der Waals surface area contributed by atoms with Crippen LogP contribution in [0, 0.1) is 16.0 Å². The summed E-state index contributed by atoms with van der Waals surface area (Å²) in [5, 5.41) is 14.5. The Labute approximate surface area is 202 Å². The standard InChI is InChI=1S/C23H31F3N6O3/c1-3-31(4-2)17-11-9-15(10-12-17)13-18-20(32(33)34)21(27)30-22(29-18)28-14-16-7-5-6-8-19(16)35-23(24,25)26/h5-8,15,17H,3-4,9-14H2,1-2H3,(H3,27,28,29,30). The van der Waals surface area contributed by atoms with Crippen molar-refractivity contribution in [3.8, 4) is 5.75 Å². The number of nitrogens with two attached hydrogens (primary N) is 1. The van der Waals surface area contributed by atoms with Crippen LogP contribution in [-0.2, 0) is 13.0 Å². The number of rotatable bonds is 10. The summed E-state index contributed by atoms with van der Waals surface area (Å²) in [6.45, 7) is 6.19. The van der Waals surface area contributed by atoms with Gasteiger partial charge in [0.2, 0.25) is 11.8 Å². The molecule has 1 aromatic carbocycles. The molecule has 9 nitrogen and oxygen atoms in total. The quantitative estimate of drug-likeness (QED) is 0.351. The Hall–Kier alpha value is -3.15. The summed E-state index contributed by atoms with van der Waals surface area (Å²) in [6, 6.07) is 6.19. The number of nitrogen functional groups attached to an aromatic ring is 1. The summed E-state index contributed by atoms with van der Waals surface area (Å²) in [7, 11) is 0. The zero-order valence-corrected chi connectivity index (χ0v) is 19.8. The first-order chi connectivity index (χ1) is 16.6. The number of ether oxygens (including phenoxy) is 1. The number of nitrogens with zero attached hydrogens (tertiary/aromatic N) is 4. The van der Waals surface area contributed by atoms with Crippen molar-refractivity contribution in [3.63, 3.8) is 0 Å². The molecule has 1 heterocycles. The molecule has 0 aliphatic heterocycles. The normalized spacial score (nSPS) is 18.5. The fourth-order valence-electron chi connectivity index (χ4n) is 4.72. The van der Waals surface area contributed by atoms with Crippen LogP contribution in [0.3, 0.4) is 0 Å². The molecular weight excluding hydrogens is 465 g/mol. The van der Waals surface area contributed by atoms with E-state index >= 15 is 0 Å². The van der Waals surface area contributed by atoms with E-state index in [9.17, 15) is 23.3 Å². The van der Waals surface area contributed by atoms with Crippen molar-refractivity contribution in [3.05, 3.63) is 45.6 Å². The van der Waals surface area contributed by atoms with Crippen LogP contribution in [0.25, 0.3) is 0 Å². The van der Waals surface area contributed by atoms with Gasteiger partial charge in [-0.2, -0.15) is 4.98 Å². The van der Waals surface area contributed by atoms with Gasteiger partial charge in [0.25, 0.3) is 0 Å². The van der Waals surface area contributed by atoms with E-state index in [2.05, 4.69) is 38.8 Å². The summed E-state index contributed by atoms with van der Waals surface area (Å²) in [4.78, 5) is 21.8. The Morgan fingerprint density at radius 2 is 1.83 bits per heavy atom. The zero-order valence-electron chi connectivity index (χ0n) is 19.8. The number of alkyl halides is 3. The van der Waals surface area contributed by atoms with E-state index in [1.54, 1.807) is 6.07 Å². The zero-order chi connectivity index (χ0) is 25.6. The van der Waals surface area contributed by atoms with Crippen LogP contribution in [0.5, 0.6) is 5.75 Å². The first-order valence-electron chi connectivity index (χ1n) is 11.7. The number of hydrogen-bond acceptors (Lipinski definition) is 8. The van der Waals surface area contributed by atoms with E-state index in [0.717, 1.165) is 38.8 Å². The minimum absolute atomic E-state index is 0.0155. The first kappa shape index (κ1) is 26.5. The number of nitrogens with one attached hydrogen (secondary N) is 1. The average molecular weight is 497 g/mol. The van der Waals surface area contributed by atoms with Crippen LogP contribution in [0.2, 0.25) is 0 Å². The Balaban J connectivity index is 1.74. The van der Waals surface area contributed by atoms with Crippen molar-refractivity contribution in [1.29, 1.82) is 0 Å². The minimum Gasteiger partial charge on any atom is -0.405 e. The summed E-state index contributed by atoms with van der Waals surface area (Å²) in [5.41, 5.74) is 6.03. The molecule has 1 fully saturated rings. The first-order valence-corrected chi connectivity index (χ1v) is 11.7. The van der Waals surface area contributed by atoms with Gasteiger partial charge in [0.15, 0.2) is 0 Å². The molecule has 1 aliphatic carbocycles. The van der Waals surface area contributed by atoms with Crippen LogP contribution >= 0.6 is 0 Å². The monoisotopic (exact) mass is 496 g/mol. The Morgan fingerprint density at radius 1 is 1.17 bits per heavy atom. The maximum Gasteiger partial charge on any atom is 0.573 e. The number of anilines is 2. The van der Waals surface area contributed by atoms with E-state index in [-0.39, 0.29) is 46.9 Å². The van der Waals surface area contributed by atoms with E-state index < -0.39 is 11.3 Å². The molecule has 1 aliphatic rings. The summed E-state index contributed by atoms with van der Waals surface area (Å²) >= 11 is 0. The highest BCUT2D eigenvalue weighted by molar-refractivity contribution is 5.58. The molecule has 3 N–H and O–H groups in total. The predicted molar refractivity (Wildman–Crippen MR) is 126 cm³/mol. The number of aromatic nitrogens is 2. The van der Waals surface area contributed by atoms with E-state index in [4.69, 9.17) is 5.73 Å². The lowest BCUT2D eigenvalue weighted by atomic mass is 9.82. The third-order valence-corrected chi connectivity index (χ3v) is 6.43. The second-order valence-corrected chi connectivity index (χ2v) is 8.59. The maximum absolute atomic E-state index is 12.7. The molecule has 3 rings (SSSR count). The lowest BCUT2D eigenvalue weighted by Gasteiger charge is -2.35. The average Bonchev–Trinajstić information content (AvgIpc) is 2.79. The molecular formula is C23H31F3N6O3. The van der Waals surface area contributed by atoms with Crippen molar-refractivity contribution < 1.29 is 22.8 Å². The smallest absolute Gasteiger partial charge is 0.405 e. The number of benzene rings is 1. The molecule has 1 aromatic heterocycles. The third-order valence-electron chi connectivity index (χ3n) is 6.43. The molecule has 0 unspecified atom stereocenters. The Morgan fingerprint density at radius 3 is 2.43 bits per heavy atom. The molecule has 1 saturated carbocycles. The van der Waals surface area contributed by atoms with Crippen LogP contribution < -0.4 is 15.8 Å². The molecule has 0 spiro atoms. The second-order valence-electron chi connectivity index (χ2n) is 8.59. The second kappa shape index (κ2) is 11.5. The van der Waals surface area contributed by atoms with E-state index in [0.29, 0.717) is 12.5 Å². The van der Waals surface area contributed by atoms with Gasteiger partial charge in [-0.3, -0.25) is 10.1 Å². The van der Waals surface area contributed by atoms with Crippen molar-refractivity contribution in [1.82, 2.24) is 14.9 Å². The minimum atomic E-state index is -4.83. The van der Waals surface area contributed by atoms with Crippen LogP contribution in [0.15, 0.2) is 24.3 Å². The maximum atomic E-state index is 12.7. The van der Waals surface area contributed by atoms with Gasteiger partial charge in [-0.05, 0) is 57.2 Å². The largest absolute Gasteiger partial charge is 0.573 e. The molecule has 192 valence electrons. The van der Waals surface area contributed by atoms with Gasteiger partial charge in [-0.25, -0.2) is 4.98 Å². The number of hydrogen-bond donors (Lipinski definition) is 2. The van der Waals surface area contributed by atoms with Crippen LogP contribution in [0.4, 0.5) is 30.6 Å². The fourth-order valence-corrected chi connectivity index (χ4v) is 4.72. The molecule has 0 amide bonds. The molecule has 0 atom stereocenters. The highest BCUT2D eigenvalue weighted by atomic mass is 19.4. The molecule has 0 bridgehead atoms. The van der Waals surface area contributed by atoms with Gasteiger partial charge in [0.1, 0.15) is 11.4 Å². The SMILES string of the molecule is CCN(CC)C1CCC(Cc2nc(NCc3ccccc3OC(F)(F)F)nc(N)c2[N+](=O)[O-])CC1. The van der Waals surface area contributed by atoms with Crippen molar-refractivity contribution in [2.45, 2.75) is 64.9 Å². The molecule has 2 aromatic rings. The third kappa shape index (κ3) is 7.17. The molecule has 0 saturated heterocycles. The topological polar surface area (TPSA) is 119 Å². The number of halogens is 3. The highest BCUT2D eigenvalue weighted by Gasteiger charge is 2.32. The van der Waals surface area contributed by atoms with Crippen LogP contribution in [-0.4, -0.2) is 45.3 Å². The van der Waals surface area contributed by atoms with Gasteiger partial charge >= 0.3 is 12.0 Å². The van der Waals surface area contributed by atoms with Gasteiger partial charge in [-0.1, -0.05) is 32.0 Å². The summed E-state index contributed by atoms with van der Waals surface area (Å²) in [6.07, 6.45) is -0.567. The lowest BCUT2D eigenvalue weighted by Crippen LogP contribution is -2.38. The number of nitro groups is 1. The van der Waals surface area contributed by atoms with Gasteiger partial charge in [0.05, 0.1) is 4.92 Å². The van der Waals surface area contributed by atoms with Crippen molar-refractivity contribution in [2.75, 3.05) is 24.1 Å². The lowest BCUT2D eigenvalue weighted by molar-refractivity contribution is -0.385. The van der Waals surface area contributed by atoms with E-state index in [1.807, 2.05) is 0 Å². The fraction of sp³-hybridized carbons (Fsp3) is 0.565. The van der Waals surface area contributed by atoms with Gasteiger partial charge in [0, 0.05) is 18.2 Å². The predicted octanol–water partition coefficient (Wildman–Crippen LogP) is 4.92. The molecule has 12 heteroatoms. The summed E-state index contributed by atoms with van der Waals surface area (Å²) in [5.74, 6) is -0.392. The number of para-hydroxylation sites is 1. The molecule has 35 heavy (non-hydrogen) atoms. The Bertz CT molecular complexity index is 1010. The van der Waals surface area contributed by atoms with Crippen LogP contribution in [0.1, 0.15) is 50.8 Å². The molecule has 0 radical (unpaired) electrons. The Kier molecular flexibility index (Phi) is 8.71. The van der Waals surface area contributed by atoms with Gasteiger partial charge < -0.3 is 20.7 Å². The van der Waals surface area contributed by atoms with E-state index in [1.165, 1.54) is 18.2 Å². The van der Waals surface area contributed by atoms with Crippen molar-refractivity contribution in [2.24, 2.45) is 5.92 Å². The van der Waals surface area contributed by atoms with Crippen molar-refractivity contribution >= 4 is 17.5 Å². The van der Waals surface area contributed by atoms with Gasteiger partial charge in [-0.15, -0.1) is 13.2 Å². The summed E-state index contributed by atoms with van der Waals surface area (Å²) < 4.78 is 42.1. The highest BCUT2D eigenvalue weighted by Crippen LogP contribution is 2.34.